The standard InChI is InChI=1S/C15H23BrO2/c1-13-5-3-6-14(11-13)15(12-16)7-4-8-18-10-9-17-2/h3,5-6,11,15H,4,7-10,12H2,1-2H3. The molecule has 102 valence electrons. The van der Waals surface area contributed by atoms with Crippen LogP contribution in [0, 0.1) is 6.92 Å². The third-order valence-corrected chi connectivity index (χ3v) is 3.75. The SMILES string of the molecule is COCCOCCCC(CBr)c1cccc(C)c1. The minimum atomic E-state index is 0.580. The monoisotopic (exact) mass is 314 g/mol. The van der Waals surface area contributed by atoms with Gasteiger partial charge in [0.1, 0.15) is 0 Å². The molecule has 0 saturated carbocycles. The molecule has 1 atom stereocenters. The smallest absolute Gasteiger partial charge is 0.0700 e. The van der Waals surface area contributed by atoms with Gasteiger partial charge in [-0.05, 0) is 31.2 Å². The number of hydrogen-bond donors (Lipinski definition) is 0. The van der Waals surface area contributed by atoms with E-state index in [-0.39, 0.29) is 0 Å². The molecule has 1 aromatic rings. The lowest BCUT2D eigenvalue weighted by Gasteiger charge is -2.15. The van der Waals surface area contributed by atoms with E-state index in [4.69, 9.17) is 9.47 Å². The van der Waals surface area contributed by atoms with Crippen LogP contribution in [0.25, 0.3) is 0 Å². The van der Waals surface area contributed by atoms with E-state index in [1.165, 1.54) is 11.1 Å². The lowest BCUT2D eigenvalue weighted by molar-refractivity contribution is 0.0683. The molecule has 0 spiro atoms. The van der Waals surface area contributed by atoms with Crippen LogP contribution in [0.1, 0.15) is 29.9 Å². The Morgan fingerprint density at radius 3 is 2.72 bits per heavy atom. The number of hydrogen-bond acceptors (Lipinski definition) is 2. The van der Waals surface area contributed by atoms with Crippen LogP contribution in [-0.2, 0) is 9.47 Å². The predicted octanol–water partition coefficient (Wildman–Crippen LogP) is 3.92. The van der Waals surface area contributed by atoms with Crippen LogP contribution >= 0.6 is 15.9 Å². The summed E-state index contributed by atoms with van der Waals surface area (Å²) in [5.41, 5.74) is 2.75. The average molecular weight is 315 g/mol. The average Bonchev–Trinajstić information content (AvgIpc) is 2.38. The van der Waals surface area contributed by atoms with Gasteiger partial charge in [0.05, 0.1) is 13.2 Å². The maximum atomic E-state index is 5.49. The Kier molecular flexibility index (Phi) is 8.31. The van der Waals surface area contributed by atoms with Gasteiger partial charge < -0.3 is 9.47 Å². The predicted molar refractivity (Wildman–Crippen MR) is 79.6 cm³/mol. The van der Waals surface area contributed by atoms with Crippen molar-refractivity contribution in [3.8, 4) is 0 Å². The fourth-order valence-corrected chi connectivity index (χ4v) is 2.63. The summed E-state index contributed by atoms with van der Waals surface area (Å²) >= 11 is 3.61. The molecule has 0 aliphatic heterocycles. The Morgan fingerprint density at radius 1 is 1.22 bits per heavy atom. The second-order valence-electron chi connectivity index (χ2n) is 4.51. The zero-order valence-electron chi connectivity index (χ0n) is 11.3. The second kappa shape index (κ2) is 9.54. The number of benzene rings is 1. The third kappa shape index (κ3) is 5.98. The molecule has 0 radical (unpaired) electrons. The van der Waals surface area contributed by atoms with Crippen molar-refractivity contribution in [1.82, 2.24) is 0 Å². The fourth-order valence-electron chi connectivity index (χ4n) is 1.93. The number of rotatable bonds is 9. The van der Waals surface area contributed by atoms with Crippen molar-refractivity contribution in [3.05, 3.63) is 35.4 Å². The highest BCUT2D eigenvalue weighted by atomic mass is 79.9. The van der Waals surface area contributed by atoms with E-state index in [1.54, 1.807) is 7.11 Å². The normalized spacial score (nSPS) is 12.6. The number of aryl methyl sites for hydroxylation is 1. The second-order valence-corrected chi connectivity index (χ2v) is 5.16. The van der Waals surface area contributed by atoms with E-state index in [0.29, 0.717) is 19.1 Å². The summed E-state index contributed by atoms with van der Waals surface area (Å²) in [5, 5.41) is 1.01. The quantitative estimate of drug-likeness (QED) is 0.508. The van der Waals surface area contributed by atoms with Gasteiger partial charge >= 0.3 is 0 Å². The Morgan fingerprint density at radius 2 is 2.06 bits per heavy atom. The minimum absolute atomic E-state index is 0.580. The van der Waals surface area contributed by atoms with E-state index in [2.05, 4.69) is 47.1 Å². The van der Waals surface area contributed by atoms with Crippen molar-refractivity contribution in [2.45, 2.75) is 25.7 Å². The van der Waals surface area contributed by atoms with Crippen molar-refractivity contribution >= 4 is 15.9 Å². The van der Waals surface area contributed by atoms with Crippen LogP contribution in [-0.4, -0.2) is 32.3 Å². The number of alkyl halides is 1. The van der Waals surface area contributed by atoms with Gasteiger partial charge in [0, 0.05) is 19.0 Å². The molecule has 0 aromatic heterocycles. The Hall–Kier alpha value is -0.380. The summed E-state index contributed by atoms with van der Waals surface area (Å²) in [5.74, 6) is 0.580. The van der Waals surface area contributed by atoms with E-state index in [0.717, 1.165) is 24.8 Å². The zero-order valence-corrected chi connectivity index (χ0v) is 12.9. The molecule has 0 aliphatic carbocycles. The van der Waals surface area contributed by atoms with Crippen LogP contribution in [0.4, 0.5) is 0 Å². The maximum Gasteiger partial charge on any atom is 0.0700 e. The highest BCUT2D eigenvalue weighted by Gasteiger charge is 2.09. The zero-order chi connectivity index (χ0) is 13.2. The van der Waals surface area contributed by atoms with Gasteiger partial charge in [-0.25, -0.2) is 0 Å². The topological polar surface area (TPSA) is 18.5 Å². The molecule has 2 nitrogen and oxygen atoms in total. The molecule has 1 aromatic carbocycles. The van der Waals surface area contributed by atoms with Gasteiger partial charge in [0.25, 0.3) is 0 Å². The summed E-state index contributed by atoms with van der Waals surface area (Å²) in [6, 6.07) is 8.76. The minimum Gasteiger partial charge on any atom is -0.382 e. The number of halogens is 1. The molecular formula is C15H23BrO2. The molecule has 0 fully saturated rings. The number of methoxy groups -OCH3 is 1. The Balaban J connectivity index is 2.29. The first-order chi connectivity index (χ1) is 8.77. The van der Waals surface area contributed by atoms with Gasteiger partial charge in [0.2, 0.25) is 0 Å². The van der Waals surface area contributed by atoms with Crippen molar-refractivity contribution in [2.24, 2.45) is 0 Å². The highest BCUT2D eigenvalue weighted by molar-refractivity contribution is 9.09. The summed E-state index contributed by atoms with van der Waals surface area (Å²) in [7, 11) is 1.70. The van der Waals surface area contributed by atoms with Crippen LogP contribution in [0.15, 0.2) is 24.3 Å². The van der Waals surface area contributed by atoms with Gasteiger partial charge in [-0.15, -0.1) is 0 Å². The molecule has 1 rings (SSSR count). The third-order valence-electron chi connectivity index (χ3n) is 2.97. The molecular weight excluding hydrogens is 292 g/mol. The first-order valence-corrected chi connectivity index (χ1v) is 7.59. The Labute approximate surface area is 119 Å². The van der Waals surface area contributed by atoms with Crippen LogP contribution in [0.5, 0.6) is 0 Å². The first kappa shape index (κ1) is 15.7. The van der Waals surface area contributed by atoms with Crippen LogP contribution in [0.2, 0.25) is 0 Å². The van der Waals surface area contributed by atoms with Crippen molar-refractivity contribution in [1.29, 1.82) is 0 Å². The number of ether oxygens (including phenoxy) is 2. The molecule has 0 amide bonds. The van der Waals surface area contributed by atoms with Gasteiger partial charge in [-0.2, -0.15) is 0 Å². The van der Waals surface area contributed by atoms with Gasteiger partial charge in [0.15, 0.2) is 0 Å². The molecule has 0 aliphatic rings. The van der Waals surface area contributed by atoms with E-state index in [9.17, 15) is 0 Å². The van der Waals surface area contributed by atoms with E-state index < -0.39 is 0 Å². The summed E-state index contributed by atoms with van der Waals surface area (Å²) in [6.45, 7) is 4.33. The van der Waals surface area contributed by atoms with Crippen LogP contribution in [0.3, 0.4) is 0 Å². The lowest BCUT2D eigenvalue weighted by atomic mass is 9.95. The fraction of sp³-hybridized carbons (Fsp3) is 0.600. The molecule has 3 heteroatoms. The molecule has 0 bridgehead atoms. The summed E-state index contributed by atoms with van der Waals surface area (Å²) in [6.07, 6.45) is 2.25. The van der Waals surface area contributed by atoms with Crippen molar-refractivity contribution in [3.63, 3.8) is 0 Å². The van der Waals surface area contributed by atoms with Gasteiger partial charge in [-0.3, -0.25) is 0 Å². The molecule has 0 heterocycles. The molecule has 1 unspecified atom stereocenters. The largest absolute Gasteiger partial charge is 0.382 e. The molecule has 0 saturated heterocycles. The van der Waals surface area contributed by atoms with Crippen molar-refractivity contribution < 1.29 is 9.47 Å². The molecule has 18 heavy (non-hydrogen) atoms. The lowest BCUT2D eigenvalue weighted by Crippen LogP contribution is -2.06. The van der Waals surface area contributed by atoms with Gasteiger partial charge in [-0.1, -0.05) is 45.8 Å². The highest BCUT2D eigenvalue weighted by Crippen LogP contribution is 2.24. The van der Waals surface area contributed by atoms with Crippen LogP contribution < -0.4 is 0 Å². The first-order valence-electron chi connectivity index (χ1n) is 6.47. The molecule has 0 N–H and O–H groups in total. The summed E-state index contributed by atoms with van der Waals surface area (Å²) < 4.78 is 10.4. The summed E-state index contributed by atoms with van der Waals surface area (Å²) in [4.78, 5) is 0. The van der Waals surface area contributed by atoms with E-state index >= 15 is 0 Å². The van der Waals surface area contributed by atoms with E-state index in [1.807, 2.05) is 0 Å². The Bertz CT molecular complexity index is 328. The van der Waals surface area contributed by atoms with Crippen molar-refractivity contribution in [2.75, 3.05) is 32.3 Å². The maximum absolute atomic E-state index is 5.49.